The molecule has 1 saturated carbocycles. The van der Waals surface area contributed by atoms with Crippen LogP contribution in [0.3, 0.4) is 0 Å². The van der Waals surface area contributed by atoms with Gasteiger partial charge in [0.2, 0.25) is 0 Å². The van der Waals surface area contributed by atoms with Crippen molar-refractivity contribution >= 4 is 6.03 Å². The Hall–Kier alpha value is -2.61. The fourth-order valence-corrected chi connectivity index (χ4v) is 7.05. The van der Waals surface area contributed by atoms with Gasteiger partial charge in [0, 0.05) is 25.0 Å². The number of carbonyl (C=O) groups excluding carboxylic acids is 1. The third-order valence-electron chi connectivity index (χ3n) is 8.64. The lowest BCUT2D eigenvalue weighted by Gasteiger charge is -2.48. The number of aromatic nitrogens is 2. The summed E-state index contributed by atoms with van der Waals surface area (Å²) in [6.45, 7) is 7.71. The van der Waals surface area contributed by atoms with Crippen molar-refractivity contribution in [2.75, 3.05) is 19.6 Å². The summed E-state index contributed by atoms with van der Waals surface area (Å²) in [5, 5.41) is 21.3. The van der Waals surface area contributed by atoms with E-state index < -0.39 is 17.7 Å². The van der Waals surface area contributed by atoms with E-state index >= 15 is 0 Å². The zero-order valence-electron chi connectivity index (χ0n) is 19.9. The van der Waals surface area contributed by atoms with Crippen LogP contribution in [0.1, 0.15) is 63.6 Å². The van der Waals surface area contributed by atoms with Crippen LogP contribution in [0.25, 0.3) is 11.3 Å². The molecule has 4 atom stereocenters. The SMILES string of the molecule is CC(O)CNC(=O)N1CCCC(C23CC[C@@H](c4cc(-c5c(F)cccc5F)nnc42)C3(C)C)C1. The molecule has 2 aliphatic carbocycles. The Morgan fingerprint density at radius 1 is 1.26 bits per heavy atom. The van der Waals surface area contributed by atoms with Gasteiger partial charge >= 0.3 is 6.03 Å². The van der Waals surface area contributed by atoms with Crippen LogP contribution in [0.15, 0.2) is 24.3 Å². The highest BCUT2D eigenvalue weighted by Gasteiger charge is 2.66. The monoisotopic (exact) mass is 470 g/mol. The molecule has 0 spiro atoms. The summed E-state index contributed by atoms with van der Waals surface area (Å²) in [5.74, 6) is -0.841. The largest absolute Gasteiger partial charge is 0.392 e. The van der Waals surface area contributed by atoms with Gasteiger partial charge in [-0.15, -0.1) is 0 Å². The number of hydrogen-bond acceptors (Lipinski definition) is 4. The summed E-state index contributed by atoms with van der Waals surface area (Å²) < 4.78 is 28.9. The van der Waals surface area contributed by atoms with Crippen molar-refractivity contribution in [3.63, 3.8) is 0 Å². The summed E-state index contributed by atoms with van der Waals surface area (Å²) >= 11 is 0. The number of fused-ring (bicyclic) bond motifs is 5. The molecule has 2 aromatic rings. The Morgan fingerprint density at radius 3 is 2.71 bits per heavy atom. The highest BCUT2D eigenvalue weighted by molar-refractivity contribution is 5.74. The van der Waals surface area contributed by atoms with Crippen molar-refractivity contribution in [1.82, 2.24) is 20.4 Å². The predicted octanol–water partition coefficient (Wildman–Crippen LogP) is 4.38. The van der Waals surface area contributed by atoms with E-state index in [1.54, 1.807) is 6.92 Å². The first-order chi connectivity index (χ1) is 16.2. The van der Waals surface area contributed by atoms with Gasteiger partial charge in [-0.2, -0.15) is 10.2 Å². The standard InChI is InChI=1S/C26H32F2N4O2/c1-15(33)13-29-24(34)32-11-5-6-16(14-32)26-10-9-18(25(26,2)3)17-12-21(30-31-23(17)26)22-19(27)7-4-8-20(22)28/h4,7-8,12,15-16,18,33H,5-6,9-11,13-14H2,1-3H3,(H,29,34)/t15?,16?,18-,26?/m0/s1. The first-order valence-electron chi connectivity index (χ1n) is 12.2. The lowest BCUT2D eigenvalue weighted by atomic mass is 9.59. The number of aliphatic hydroxyl groups is 1. The molecule has 6 nitrogen and oxygen atoms in total. The molecular formula is C26H32F2N4O2. The van der Waals surface area contributed by atoms with Crippen LogP contribution in [0.2, 0.25) is 0 Å². The summed E-state index contributed by atoms with van der Waals surface area (Å²) in [7, 11) is 0. The molecule has 34 heavy (non-hydrogen) atoms. The zero-order chi connectivity index (χ0) is 24.3. The average Bonchev–Trinajstić information content (AvgIpc) is 3.18. The van der Waals surface area contributed by atoms with Gasteiger partial charge in [0.15, 0.2) is 0 Å². The van der Waals surface area contributed by atoms with Gasteiger partial charge in [-0.05, 0) is 73.6 Å². The number of urea groups is 1. The highest BCUT2D eigenvalue weighted by Crippen LogP contribution is 2.70. The van der Waals surface area contributed by atoms with Gasteiger partial charge < -0.3 is 15.3 Å². The van der Waals surface area contributed by atoms with Crippen molar-refractivity contribution in [2.45, 2.75) is 63.9 Å². The molecule has 1 aromatic heterocycles. The number of amides is 2. The van der Waals surface area contributed by atoms with Gasteiger partial charge in [0.25, 0.3) is 0 Å². The van der Waals surface area contributed by atoms with Crippen LogP contribution in [0.4, 0.5) is 13.6 Å². The fourth-order valence-electron chi connectivity index (χ4n) is 7.05. The fraction of sp³-hybridized carbons (Fsp3) is 0.577. The van der Waals surface area contributed by atoms with Crippen LogP contribution < -0.4 is 5.32 Å². The smallest absolute Gasteiger partial charge is 0.317 e. The van der Waals surface area contributed by atoms with Crippen LogP contribution in [0.5, 0.6) is 0 Å². The van der Waals surface area contributed by atoms with Crippen LogP contribution >= 0.6 is 0 Å². The van der Waals surface area contributed by atoms with Crippen LogP contribution in [0, 0.1) is 23.0 Å². The second-order valence-electron chi connectivity index (χ2n) is 10.7. The molecule has 2 fully saturated rings. The van der Waals surface area contributed by atoms with Crippen LogP contribution in [-0.2, 0) is 5.41 Å². The molecule has 8 heteroatoms. The molecule has 3 aliphatic rings. The Balaban J connectivity index is 1.50. The van der Waals surface area contributed by atoms with Crippen molar-refractivity contribution in [1.29, 1.82) is 0 Å². The summed E-state index contributed by atoms with van der Waals surface area (Å²) in [5.41, 5.74) is 1.72. The van der Waals surface area contributed by atoms with Crippen LogP contribution in [-0.4, -0.2) is 52.0 Å². The lowest BCUT2D eigenvalue weighted by molar-refractivity contribution is 0.0669. The highest BCUT2D eigenvalue weighted by atomic mass is 19.1. The maximum Gasteiger partial charge on any atom is 0.317 e. The van der Waals surface area contributed by atoms with E-state index in [1.165, 1.54) is 18.2 Å². The van der Waals surface area contributed by atoms with Gasteiger partial charge in [-0.3, -0.25) is 0 Å². The minimum Gasteiger partial charge on any atom is -0.392 e. The number of hydrogen-bond donors (Lipinski definition) is 2. The zero-order valence-corrected chi connectivity index (χ0v) is 19.9. The summed E-state index contributed by atoms with van der Waals surface area (Å²) in [4.78, 5) is 14.6. The van der Waals surface area contributed by atoms with Crippen molar-refractivity contribution in [3.8, 4) is 11.3 Å². The molecule has 2 N–H and O–H groups in total. The number of benzene rings is 1. The van der Waals surface area contributed by atoms with E-state index in [9.17, 15) is 18.7 Å². The predicted molar refractivity (Wildman–Crippen MR) is 124 cm³/mol. The average molecular weight is 471 g/mol. The molecule has 1 aromatic carbocycles. The summed E-state index contributed by atoms with van der Waals surface area (Å²) in [6, 6.07) is 5.52. The Bertz CT molecular complexity index is 1100. The van der Waals surface area contributed by atoms with E-state index in [4.69, 9.17) is 0 Å². The molecule has 2 bridgehead atoms. The molecule has 5 rings (SSSR count). The minimum absolute atomic E-state index is 0.111. The quantitative estimate of drug-likeness (QED) is 0.695. The number of likely N-dealkylation sites (tertiary alicyclic amines) is 1. The third-order valence-corrected chi connectivity index (χ3v) is 8.64. The van der Waals surface area contributed by atoms with E-state index in [1.807, 2.05) is 11.0 Å². The van der Waals surface area contributed by atoms with Gasteiger partial charge in [-0.1, -0.05) is 19.9 Å². The second kappa shape index (κ2) is 8.26. The number of halogens is 2. The maximum atomic E-state index is 14.5. The number of nitrogens with one attached hydrogen (secondary N) is 1. The van der Waals surface area contributed by atoms with Crippen molar-refractivity contribution in [2.24, 2.45) is 11.3 Å². The lowest BCUT2D eigenvalue weighted by Crippen LogP contribution is -2.53. The third kappa shape index (κ3) is 3.33. The molecule has 0 radical (unpaired) electrons. The van der Waals surface area contributed by atoms with E-state index in [2.05, 4.69) is 29.4 Å². The number of rotatable bonds is 4. The normalized spacial score (nSPS) is 28.0. The molecule has 3 unspecified atom stereocenters. The molecule has 182 valence electrons. The Labute approximate surface area is 198 Å². The number of aliphatic hydroxyl groups excluding tert-OH is 1. The topological polar surface area (TPSA) is 78.4 Å². The van der Waals surface area contributed by atoms with Gasteiger partial charge in [0.05, 0.1) is 23.1 Å². The second-order valence-corrected chi connectivity index (χ2v) is 10.7. The maximum absolute atomic E-state index is 14.5. The first kappa shape index (κ1) is 23.1. The minimum atomic E-state index is -0.641. The molecular weight excluding hydrogens is 438 g/mol. The van der Waals surface area contributed by atoms with E-state index in [0.717, 1.165) is 36.9 Å². The molecule has 1 aliphatic heterocycles. The first-order valence-corrected chi connectivity index (χ1v) is 12.2. The van der Waals surface area contributed by atoms with E-state index in [-0.39, 0.29) is 46.5 Å². The number of piperidine rings is 1. The number of nitrogens with zero attached hydrogens (tertiary/aromatic N) is 3. The van der Waals surface area contributed by atoms with Gasteiger partial charge in [0.1, 0.15) is 11.6 Å². The van der Waals surface area contributed by atoms with E-state index in [0.29, 0.717) is 13.1 Å². The molecule has 2 heterocycles. The Morgan fingerprint density at radius 2 is 2.00 bits per heavy atom. The van der Waals surface area contributed by atoms with Crippen molar-refractivity contribution in [3.05, 3.63) is 47.2 Å². The number of carbonyl (C=O) groups is 1. The Kier molecular flexibility index (Phi) is 5.62. The van der Waals surface area contributed by atoms with Gasteiger partial charge in [-0.25, -0.2) is 13.6 Å². The molecule has 1 saturated heterocycles. The molecule has 2 amide bonds. The summed E-state index contributed by atoms with van der Waals surface area (Å²) in [6.07, 6.45) is 3.24. The van der Waals surface area contributed by atoms with Crippen molar-refractivity contribution < 1.29 is 18.7 Å².